The molecule has 3 rings (SSSR count). The second-order valence-electron chi connectivity index (χ2n) is 6.59. The Hall–Kier alpha value is -2.51. The molecular formula is C17H21F2N5O. The molecule has 2 heterocycles. The molecule has 0 fully saturated rings. The standard InChI is InChI=1S/C17H21F2N5O/c1-17(15(18)19,10-12-6-4-3-5-7-12)20-16(25)24-9-8-14-13(11-24)21-22-23(14)2/h3-7,15H,8-11H2,1-2H3,(H,20,25). The number of carbonyl (C=O) groups excluding carboxylic acids is 1. The van der Waals surface area contributed by atoms with Gasteiger partial charge < -0.3 is 10.2 Å². The molecule has 0 bridgehead atoms. The van der Waals surface area contributed by atoms with Crippen molar-refractivity contribution in [1.82, 2.24) is 25.2 Å². The smallest absolute Gasteiger partial charge is 0.318 e. The normalized spacial score (nSPS) is 16.4. The Kier molecular flexibility index (Phi) is 4.69. The van der Waals surface area contributed by atoms with Gasteiger partial charge >= 0.3 is 6.03 Å². The number of aromatic nitrogens is 3. The van der Waals surface area contributed by atoms with Gasteiger partial charge in [-0.3, -0.25) is 4.68 Å². The van der Waals surface area contributed by atoms with Crippen molar-refractivity contribution in [2.24, 2.45) is 7.05 Å². The average molecular weight is 349 g/mol. The number of alkyl halides is 2. The number of hydrogen-bond donors (Lipinski definition) is 1. The molecule has 134 valence electrons. The fraction of sp³-hybridized carbons (Fsp3) is 0.471. The first kappa shape index (κ1) is 17.3. The highest BCUT2D eigenvalue weighted by atomic mass is 19.3. The molecule has 0 saturated heterocycles. The van der Waals surface area contributed by atoms with Crippen molar-refractivity contribution in [3.8, 4) is 0 Å². The van der Waals surface area contributed by atoms with Crippen LogP contribution in [0.3, 0.4) is 0 Å². The van der Waals surface area contributed by atoms with Gasteiger partial charge in [0.1, 0.15) is 11.2 Å². The topological polar surface area (TPSA) is 63.1 Å². The highest BCUT2D eigenvalue weighted by Gasteiger charge is 2.38. The van der Waals surface area contributed by atoms with E-state index < -0.39 is 18.0 Å². The number of hydrogen-bond acceptors (Lipinski definition) is 3. The Bertz CT molecular complexity index is 749. The molecule has 2 aromatic rings. The number of benzene rings is 1. The summed E-state index contributed by atoms with van der Waals surface area (Å²) in [6.07, 6.45) is -2.02. The molecule has 1 aliphatic rings. The van der Waals surface area contributed by atoms with Crippen molar-refractivity contribution in [2.45, 2.75) is 38.3 Å². The summed E-state index contributed by atoms with van der Waals surface area (Å²) in [5, 5.41) is 10.5. The van der Waals surface area contributed by atoms with E-state index in [-0.39, 0.29) is 13.0 Å². The fourth-order valence-electron chi connectivity index (χ4n) is 3.04. The van der Waals surface area contributed by atoms with Crippen LogP contribution in [0.5, 0.6) is 0 Å². The molecule has 1 aromatic heterocycles. The summed E-state index contributed by atoms with van der Waals surface area (Å²) < 4.78 is 29.0. The van der Waals surface area contributed by atoms with E-state index in [1.807, 2.05) is 6.07 Å². The Morgan fingerprint density at radius 2 is 2.08 bits per heavy atom. The number of rotatable bonds is 4. The lowest BCUT2D eigenvalue weighted by Gasteiger charge is -2.34. The molecule has 1 unspecified atom stereocenters. The number of aryl methyl sites for hydroxylation is 1. The molecule has 0 radical (unpaired) electrons. The van der Waals surface area contributed by atoms with E-state index >= 15 is 0 Å². The van der Waals surface area contributed by atoms with Crippen LogP contribution in [0.2, 0.25) is 0 Å². The lowest BCUT2D eigenvalue weighted by molar-refractivity contribution is 0.0420. The summed E-state index contributed by atoms with van der Waals surface area (Å²) in [4.78, 5) is 14.1. The third-order valence-electron chi connectivity index (χ3n) is 4.56. The van der Waals surface area contributed by atoms with E-state index in [0.29, 0.717) is 18.7 Å². The van der Waals surface area contributed by atoms with Crippen LogP contribution in [0.15, 0.2) is 30.3 Å². The van der Waals surface area contributed by atoms with Crippen LogP contribution in [0.25, 0.3) is 0 Å². The quantitative estimate of drug-likeness (QED) is 0.920. The summed E-state index contributed by atoms with van der Waals surface area (Å²) in [6, 6.07) is 8.47. The predicted molar refractivity (Wildman–Crippen MR) is 88.2 cm³/mol. The summed E-state index contributed by atoms with van der Waals surface area (Å²) in [5.74, 6) is 0. The maximum Gasteiger partial charge on any atom is 0.318 e. The minimum atomic E-state index is -2.69. The molecule has 0 aliphatic carbocycles. The van der Waals surface area contributed by atoms with Crippen LogP contribution < -0.4 is 5.32 Å². The average Bonchev–Trinajstić information content (AvgIpc) is 2.96. The molecular weight excluding hydrogens is 328 g/mol. The monoisotopic (exact) mass is 349 g/mol. The van der Waals surface area contributed by atoms with Gasteiger partial charge in [-0.15, -0.1) is 5.10 Å². The molecule has 1 atom stereocenters. The predicted octanol–water partition coefficient (Wildman–Crippen LogP) is 2.15. The molecule has 8 heteroatoms. The largest absolute Gasteiger partial charge is 0.327 e. The number of nitrogens with zero attached hydrogens (tertiary/aromatic N) is 4. The number of urea groups is 1. The van der Waals surface area contributed by atoms with Gasteiger partial charge in [-0.1, -0.05) is 35.5 Å². The third-order valence-corrected chi connectivity index (χ3v) is 4.56. The van der Waals surface area contributed by atoms with Crippen molar-refractivity contribution in [2.75, 3.05) is 6.54 Å². The Labute approximate surface area is 144 Å². The van der Waals surface area contributed by atoms with Crippen LogP contribution >= 0.6 is 0 Å². The number of carbonyl (C=O) groups is 1. The van der Waals surface area contributed by atoms with E-state index in [4.69, 9.17) is 0 Å². The zero-order valence-electron chi connectivity index (χ0n) is 14.2. The van der Waals surface area contributed by atoms with Crippen molar-refractivity contribution < 1.29 is 13.6 Å². The van der Waals surface area contributed by atoms with E-state index in [0.717, 1.165) is 11.3 Å². The Morgan fingerprint density at radius 3 is 2.76 bits per heavy atom. The minimum absolute atomic E-state index is 0.0570. The van der Waals surface area contributed by atoms with Crippen molar-refractivity contribution in [3.05, 3.63) is 47.3 Å². The second-order valence-corrected chi connectivity index (χ2v) is 6.59. The zero-order chi connectivity index (χ0) is 18.0. The van der Waals surface area contributed by atoms with Crippen molar-refractivity contribution in [1.29, 1.82) is 0 Å². The Morgan fingerprint density at radius 1 is 1.36 bits per heavy atom. The summed E-state index contributed by atoms with van der Waals surface area (Å²) >= 11 is 0. The van der Waals surface area contributed by atoms with Gasteiger partial charge in [-0.25, -0.2) is 13.6 Å². The van der Waals surface area contributed by atoms with E-state index in [2.05, 4.69) is 15.6 Å². The molecule has 1 N–H and O–H groups in total. The highest BCUT2D eigenvalue weighted by molar-refractivity contribution is 5.75. The number of amides is 2. The first-order valence-corrected chi connectivity index (χ1v) is 8.15. The SMILES string of the molecule is Cn1nnc2c1CCN(C(=O)NC(C)(Cc1ccccc1)C(F)F)C2. The van der Waals surface area contributed by atoms with Gasteiger partial charge in [-0.2, -0.15) is 0 Å². The highest BCUT2D eigenvalue weighted by Crippen LogP contribution is 2.23. The summed E-state index contributed by atoms with van der Waals surface area (Å²) in [6.45, 7) is 2.10. The molecule has 0 saturated carbocycles. The minimum Gasteiger partial charge on any atom is -0.327 e. The maximum absolute atomic E-state index is 13.7. The number of nitrogens with one attached hydrogen (secondary N) is 1. The number of fused-ring (bicyclic) bond motifs is 1. The summed E-state index contributed by atoms with van der Waals surface area (Å²) in [7, 11) is 1.80. The maximum atomic E-state index is 13.7. The van der Waals surface area contributed by atoms with Crippen molar-refractivity contribution in [3.63, 3.8) is 0 Å². The zero-order valence-corrected chi connectivity index (χ0v) is 14.2. The second kappa shape index (κ2) is 6.78. The van der Waals surface area contributed by atoms with Crippen molar-refractivity contribution >= 4 is 6.03 Å². The van der Waals surface area contributed by atoms with Gasteiger partial charge in [0.15, 0.2) is 0 Å². The van der Waals surface area contributed by atoms with Gasteiger partial charge in [-0.05, 0) is 12.5 Å². The number of halogens is 2. The van der Waals surface area contributed by atoms with Crippen LogP contribution in [-0.2, 0) is 26.4 Å². The van der Waals surface area contributed by atoms with E-state index in [1.54, 1.807) is 36.0 Å². The molecule has 1 aliphatic heterocycles. The van der Waals surface area contributed by atoms with Crippen LogP contribution in [0, 0.1) is 0 Å². The van der Waals surface area contributed by atoms with Crippen LogP contribution in [0.1, 0.15) is 23.9 Å². The Balaban J connectivity index is 1.71. The van der Waals surface area contributed by atoms with Crippen LogP contribution in [-0.4, -0.2) is 44.4 Å². The first-order chi connectivity index (χ1) is 11.9. The molecule has 1 aromatic carbocycles. The first-order valence-electron chi connectivity index (χ1n) is 8.15. The van der Waals surface area contributed by atoms with E-state index in [1.165, 1.54) is 11.8 Å². The molecule has 2 amide bonds. The van der Waals surface area contributed by atoms with Gasteiger partial charge in [0.2, 0.25) is 0 Å². The van der Waals surface area contributed by atoms with Crippen LogP contribution in [0.4, 0.5) is 13.6 Å². The molecule has 0 spiro atoms. The van der Waals surface area contributed by atoms with Gasteiger partial charge in [0, 0.05) is 26.4 Å². The summed E-state index contributed by atoms with van der Waals surface area (Å²) in [5.41, 5.74) is 0.803. The molecule has 6 nitrogen and oxygen atoms in total. The fourth-order valence-corrected chi connectivity index (χ4v) is 3.04. The van der Waals surface area contributed by atoms with Gasteiger partial charge in [0.25, 0.3) is 6.43 Å². The third kappa shape index (κ3) is 3.62. The molecule has 25 heavy (non-hydrogen) atoms. The lowest BCUT2D eigenvalue weighted by Crippen LogP contribution is -2.57. The van der Waals surface area contributed by atoms with E-state index in [9.17, 15) is 13.6 Å². The van der Waals surface area contributed by atoms with Gasteiger partial charge in [0.05, 0.1) is 12.2 Å². The lowest BCUT2D eigenvalue weighted by atomic mass is 9.93.